The van der Waals surface area contributed by atoms with E-state index in [-0.39, 0.29) is 30.7 Å². The van der Waals surface area contributed by atoms with E-state index in [0.29, 0.717) is 12.8 Å². The minimum atomic E-state index is -4.11. The van der Waals surface area contributed by atoms with E-state index in [4.69, 9.17) is 0 Å². The summed E-state index contributed by atoms with van der Waals surface area (Å²) >= 11 is 0. The molecule has 7 heteroatoms. The van der Waals surface area contributed by atoms with Gasteiger partial charge in [-0.15, -0.1) is 0 Å². The van der Waals surface area contributed by atoms with Crippen molar-refractivity contribution >= 4 is 9.84 Å². The van der Waals surface area contributed by atoms with E-state index in [0.717, 1.165) is 6.42 Å². The summed E-state index contributed by atoms with van der Waals surface area (Å²) in [5.74, 6) is -1.16. The molecule has 114 valence electrons. The Hall–Kier alpha value is -0.300. The van der Waals surface area contributed by atoms with Gasteiger partial charge < -0.3 is 5.32 Å². The van der Waals surface area contributed by atoms with E-state index >= 15 is 0 Å². The van der Waals surface area contributed by atoms with Crippen molar-refractivity contribution in [2.75, 3.05) is 12.0 Å². The second kappa shape index (κ2) is 6.43. The van der Waals surface area contributed by atoms with Crippen LogP contribution in [0.25, 0.3) is 0 Å². The van der Waals surface area contributed by atoms with Crippen LogP contribution in [0.4, 0.5) is 13.2 Å². The molecule has 1 saturated carbocycles. The summed E-state index contributed by atoms with van der Waals surface area (Å²) in [7, 11) is -3.01. The van der Waals surface area contributed by atoms with Gasteiger partial charge in [-0.05, 0) is 32.6 Å². The van der Waals surface area contributed by atoms with Crippen LogP contribution >= 0.6 is 0 Å². The average molecular weight is 301 g/mol. The zero-order chi connectivity index (χ0) is 14.7. The summed E-state index contributed by atoms with van der Waals surface area (Å²) in [5.41, 5.74) is 0. The van der Waals surface area contributed by atoms with Crippen LogP contribution in [0.15, 0.2) is 0 Å². The maximum absolute atomic E-state index is 12.6. The molecular formula is C12H22F3NO2S. The lowest BCUT2D eigenvalue weighted by Crippen LogP contribution is -2.43. The third kappa shape index (κ3) is 6.61. The minimum absolute atomic E-state index is 0.0661. The number of hydrogen-bond acceptors (Lipinski definition) is 3. The highest BCUT2D eigenvalue weighted by Gasteiger charge is 2.42. The number of nitrogens with one attached hydrogen (secondary N) is 1. The quantitative estimate of drug-likeness (QED) is 0.849. The number of sulfone groups is 1. The number of rotatable bonds is 5. The highest BCUT2D eigenvalue weighted by molar-refractivity contribution is 7.90. The first-order valence-corrected chi connectivity index (χ1v) is 8.64. The molecule has 3 atom stereocenters. The second-order valence-electron chi connectivity index (χ2n) is 5.59. The summed E-state index contributed by atoms with van der Waals surface area (Å²) in [6.07, 6.45) is -0.898. The van der Waals surface area contributed by atoms with Gasteiger partial charge in [0.15, 0.2) is 0 Å². The van der Waals surface area contributed by atoms with E-state index in [1.807, 2.05) is 6.92 Å². The first-order chi connectivity index (χ1) is 8.58. The lowest BCUT2D eigenvalue weighted by atomic mass is 9.85. The molecule has 0 amide bonds. The van der Waals surface area contributed by atoms with Crippen molar-refractivity contribution in [3.63, 3.8) is 0 Å². The van der Waals surface area contributed by atoms with E-state index < -0.39 is 21.9 Å². The highest BCUT2D eigenvalue weighted by Crippen LogP contribution is 2.37. The fraction of sp³-hybridized carbons (Fsp3) is 1.00. The standard InChI is InChI=1S/C12H22F3NO2S/c1-9(6-7-19(2,17)18)16-11-5-3-4-10(8-11)12(13,14)15/h9-11,16H,3-8H2,1-2H3/t9-,10+,11+/m1/s1. The van der Waals surface area contributed by atoms with E-state index in [1.165, 1.54) is 6.26 Å². The number of alkyl halides is 3. The summed E-state index contributed by atoms with van der Waals surface area (Å²) in [4.78, 5) is 0. The van der Waals surface area contributed by atoms with Crippen molar-refractivity contribution in [1.29, 1.82) is 0 Å². The van der Waals surface area contributed by atoms with Crippen LogP contribution in [0.1, 0.15) is 39.0 Å². The van der Waals surface area contributed by atoms with Crippen molar-refractivity contribution in [2.24, 2.45) is 5.92 Å². The number of hydrogen-bond donors (Lipinski definition) is 1. The third-order valence-electron chi connectivity index (χ3n) is 3.58. The van der Waals surface area contributed by atoms with Crippen LogP contribution in [0, 0.1) is 5.92 Å². The molecule has 1 aliphatic rings. The molecule has 0 aromatic carbocycles. The van der Waals surface area contributed by atoms with Crippen molar-refractivity contribution in [3.05, 3.63) is 0 Å². The molecule has 1 N–H and O–H groups in total. The van der Waals surface area contributed by atoms with Gasteiger partial charge in [-0.3, -0.25) is 0 Å². The zero-order valence-electron chi connectivity index (χ0n) is 11.3. The predicted molar refractivity (Wildman–Crippen MR) is 68.7 cm³/mol. The molecule has 1 fully saturated rings. The normalized spacial score (nSPS) is 27.2. The van der Waals surface area contributed by atoms with Gasteiger partial charge in [0, 0.05) is 18.3 Å². The van der Waals surface area contributed by atoms with Crippen LogP contribution < -0.4 is 5.32 Å². The molecule has 1 rings (SSSR count). The molecule has 0 unspecified atom stereocenters. The summed E-state index contributed by atoms with van der Waals surface area (Å²) in [5, 5.41) is 3.13. The Morgan fingerprint density at radius 2 is 1.95 bits per heavy atom. The van der Waals surface area contributed by atoms with E-state index in [1.54, 1.807) is 0 Å². The van der Waals surface area contributed by atoms with Crippen LogP contribution in [0.3, 0.4) is 0 Å². The van der Waals surface area contributed by atoms with Gasteiger partial charge in [0.25, 0.3) is 0 Å². The molecule has 19 heavy (non-hydrogen) atoms. The molecule has 0 aliphatic heterocycles. The van der Waals surface area contributed by atoms with Crippen LogP contribution in [0.5, 0.6) is 0 Å². The predicted octanol–water partition coefficient (Wildman–Crippen LogP) is 2.52. The smallest absolute Gasteiger partial charge is 0.311 e. The first-order valence-electron chi connectivity index (χ1n) is 6.58. The fourth-order valence-electron chi connectivity index (χ4n) is 2.52. The van der Waals surface area contributed by atoms with Crippen molar-refractivity contribution in [3.8, 4) is 0 Å². The van der Waals surface area contributed by atoms with Crippen molar-refractivity contribution in [2.45, 2.75) is 57.3 Å². The average Bonchev–Trinajstić information content (AvgIpc) is 2.25. The second-order valence-corrected chi connectivity index (χ2v) is 7.85. The molecule has 1 aliphatic carbocycles. The maximum atomic E-state index is 12.6. The summed E-state index contributed by atoms with van der Waals surface area (Å²) in [6, 6.07) is -0.235. The monoisotopic (exact) mass is 301 g/mol. The molecule has 0 heterocycles. The Balaban J connectivity index is 2.40. The van der Waals surface area contributed by atoms with Gasteiger partial charge in [0.1, 0.15) is 9.84 Å². The molecule has 0 radical (unpaired) electrons. The van der Waals surface area contributed by atoms with Gasteiger partial charge >= 0.3 is 6.18 Å². The topological polar surface area (TPSA) is 46.2 Å². The van der Waals surface area contributed by atoms with Gasteiger partial charge in [-0.1, -0.05) is 6.42 Å². The Morgan fingerprint density at radius 1 is 1.32 bits per heavy atom. The molecular weight excluding hydrogens is 279 g/mol. The zero-order valence-corrected chi connectivity index (χ0v) is 12.1. The van der Waals surface area contributed by atoms with Gasteiger partial charge in [0.2, 0.25) is 0 Å². The SMILES string of the molecule is C[C@H](CCS(C)(=O)=O)N[C@H]1CCC[C@H](C(F)(F)F)C1. The fourth-order valence-corrected chi connectivity index (χ4v) is 3.30. The Bertz CT molecular complexity index is 381. The Labute approximate surface area is 112 Å². The van der Waals surface area contributed by atoms with Crippen molar-refractivity contribution in [1.82, 2.24) is 5.32 Å². The highest BCUT2D eigenvalue weighted by atomic mass is 32.2. The molecule has 0 saturated heterocycles. The minimum Gasteiger partial charge on any atom is -0.311 e. The molecule has 0 spiro atoms. The lowest BCUT2D eigenvalue weighted by Gasteiger charge is -2.32. The van der Waals surface area contributed by atoms with Gasteiger partial charge in [-0.2, -0.15) is 13.2 Å². The number of halogens is 3. The van der Waals surface area contributed by atoms with E-state index in [2.05, 4.69) is 5.32 Å². The van der Waals surface area contributed by atoms with Crippen LogP contribution in [-0.2, 0) is 9.84 Å². The van der Waals surface area contributed by atoms with Crippen LogP contribution in [0.2, 0.25) is 0 Å². The molecule has 0 aromatic rings. The van der Waals surface area contributed by atoms with E-state index in [9.17, 15) is 21.6 Å². The van der Waals surface area contributed by atoms with Gasteiger partial charge in [0.05, 0.1) is 11.7 Å². The molecule has 3 nitrogen and oxygen atoms in total. The Kier molecular flexibility index (Phi) is 5.67. The molecule has 0 bridgehead atoms. The first kappa shape index (κ1) is 16.8. The molecule has 0 aromatic heterocycles. The largest absolute Gasteiger partial charge is 0.391 e. The summed E-state index contributed by atoms with van der Waals surface area (Å²) in [6.45, 7) is 1.82. The lowest BCUT2D eigenvalue weighted by molar-refractivity contribution is -0.183. The van der Waals surface area contributed by atoms with Crippen LogP contribution in [-0.4, -0.2) is 38.7 Å². The van der Waals surface area contributed by atoms with Crippen molar-refractivity contribution < 1.29 is 21.6 Å². The third-order valence-corrected chi connectivity index (χ3v) is 4.56. The Morgan fingerprint density at radius 3 is 2.47 bits per heavy atom. The van der Waals surface area contributed by atoms with Gasteiger partial charge in [-0.25, -0.2) is 8.42 Å². The maximum Gasteiger partial charge on any atom is 0.391 e. The summed E-state index contributed by atoms with van der Waals surface area (Å²) < 4.78 is 60.0.